The first-order valence-corrected chi connectivity index (χ1v) is 11.1. The molecule has 1 saturated carbocycles. The predicted octanol–water partition coefficient (Wildman–Crippen LogP) is 5.92. The van der Waals surface area contributed by atoms with E-state index in [0.717, 1.165) is 29.3 Å². The van der Waals surface area contributed by atoms with E-state index in [9.17, 15) is 4.79 Å². The van der Waals surface area contributed by atoms with Crippen LogP contribution in [0.25, 0.3) is 0 Å². The van der Waals surface area contributed by atoms with Gasteiger partial charge in [0, 0.05) is 34.1 Å². The fraction of sp³-hybridized carbons (Fsp3) is 0.458. The van der Waals surface area contributed by atoms with Crippen LogP contribution in [0, 0.1) is 5.92 Å². The van der Waals surface area contributed by atoms with E-state index in [-0.39, 0.29) is 10.5 Å². The van der Waals surface area contributed by atoms with Crippen LogP contribution in [0.4, 0.5) is 5.69 Å². The summed E-state index contributed by atoms with van der Waals surface area (Å²) in [4.78, 5) is 12.5. The Kier molecular flexibility index (Phi) is 7.19. The molecule has 0 heterocycles. The molecule has 0 bridgehead atoms. The van der Waals surface area contributed by atoms with Crippen molar-refractivity contribution in [3.05, 3.63) is 65.7 Å². The molecule has 4 heteroatoms. The van der Waals surface area contributed by atoms with Gasteiger partial charge in [0.2, 0.25) is 0 Å². The van der Waals surface area contributed by atoms with Gasteiger partial charge >= 0.3 is 0 Å². The van der Waals surface area contributed by atoms with Crippen LogP contribution in [-0.4, -0.2) is 23.1 Å². The summed E-state index contributed by atoms with van der Waals surface area (Å²) in [5, 5.41) is 3.55. The van der Waals surface area contributed by atoms with Gasteiger partial charge in [0.05, 0.1) is 0 Å². The van der Waals surface area contributed by atoms with E-state index in [2.05, 4.69) is 30.8 Å². The molecule has 1 aliphatic carbocycles. The normalized spacial score (nSPS) is 20.0. The number of hydrogen-bond donors (Lipinski definition) is 2. The van der Waals surface area contributed by atoms with Crippen molar-refractivity contribution in [2.45, 2.75) is 57.2 Å². The number of benzene rings is 2. The van der Waals surface area contributed by atoms with E-state index in [1.54, 1.807) is 0 Å². The third kappa shape index (κ3) is 6.39. The topological polar surface area (TPSA) is 41.1 Å². The molecule has 0 aliphatic heterocycles. The molecule has 1 fully saturated rings. The lowest BCUT2D eigenvalue weighted by molar-refractivity contribution is 0.103. The summed E-state index contributed by atoms with van der Waals surface area (Å²) in [6.07, 6.45) is 5.03. The molecule has 3 nitrogen and oxygen atoms in total. The molecule has 0 amide bonds. The summed E-state index contributed by atoms with van der Waals surface area (Å²) in [5.74, 6) is 0.800. The third-order valence-electron chi connectivity index (χ3n) is 5.16. The minimum atomic E-state index is 0.0751. The highest BCUT2D eigenvalue weighted by atomic mass is 32.2. The highest BCUT2D eigenvalue weighted by molar-refractivity contribution is 7.98. The summed E-state index contributed by atoms with van der Waals surface area (Å²) < 4.78 is 3.92. The zero-order valence-electron chi connectivity index (χ0n) is 17.2. The van der Waals surface area contributed by atoms with Crippen LogP contribution in [0.15, 0.2) is 54.6 Å². The van der Waals surface area contributed by atoms with Gasteiger partial charge in [-0.3, -0.25) is 9.52 Å². The third-order valence-corrected chi connectivity index (χ3v) is 6.22. The van der Waals surface area contributed by atoms with Gasteiger partial charge in [-0.25, -0.2) is 0 Å². The minimum Gasteiger partial charge on any atom is -0.385 e. The van der Waals surface area contributed by atoms with Gasteiger partial charge in [-0.2, -0.15) is 0 Å². The Morgan fingerprint density at radius 2 is 1.54 bits per heavy atom. The highest BCUT2D eigenvalue weighted by Gasteiger charge is 2.22. The average Bonchev–Trinajstić information content (AvgIpc) is 2.71. The summed E-state index contributed by atoms with van der Waals surface area (Å²) in [6, 6.07) is 18.0. The zero-order valence-corrected chi connectivity index (χ0v) is 18.0. The van der Waals surface area contributed by atoms with Crippen molar-refractivity contribution >= 4 is 23.4 Å². The van der Waals surface area contributed by atoms with Gasteiger partial charge in [0.1, 0.15) is 0 Å². The second-order valence-corrected chi connectivity index (χ2v) is 10.4. The lowest BCUT2D eigenvalue weighted by atomic mass is 9.86. The average molecular weight is 397 g/mol. The molecule has 150 valence electrons. The lowest BCUT2D eigenvalue weighted by Gasteiger charge is -2.31. The van der Waals surface area contributed by atoms with Crippen LogP contribution in [0.1, 0.15) is 62.4 Å². The maximum absolute atomic E-state index is 12.5. The summed E-state index contributed by atoms with van der Waals surface area (Å²) in [6.45, 7) is 7.75. The number of rotatable bonds is 7. The van der Waals surface area contributed by atoms with Crippen molar-refractivity contribution < 1.29 is 4.79 Å². The first-order valence-electron chi connectivity index (χ1n) is 10.3. The quantitative estimate of drug-likeness (QED) is 0.450. The van der Waals surface area contributed by atoms with Crippen LogP contribution in [0.3, 0.4) is 0 Å². The van der Waals surface area contributed by atoms with Gasteiger partial charge < -0.3 is 5.32 Å². The van der Waals surface area contributed by atoms with Crippen LogP contribution in [0.2, 0.25) is 0 Å². The maximum Gasteiger partial charge on any atom is 0.193 e. The molecule has 0 aromatic heterocycles. The maximum atomic E-state index is 12.5. The van der Waals surface area contributed by atoms with E-state index in [1.165, 1.54) is 25.7 Å². The Labute approximate surface area is 173 Å². The van der Waals surface area contributed by atoms with Crippen LogP contribution >= 0.6 is 11.9 Å². The molecule has 2 N–H and O–H groups in total. The summed E-state index contributed by atoms with van der Waals surface area (Å²) >= 11 is 1.86. The Balaban J connectivity index is 1.43. The van der Waals surface area contributed by atoms with Gasteiger partial charge in [-0.15, -0.1) is 0 Å². The Hall–Kier alpha value is -1.78. The second kappa shape index (κ2) is 9.62. The molecule has 1 aliphatic rings. The molecule has 28 heavy (non-hydrogen) atoms. The standard InChI is InChI=1S/C24H32N2OS/c1-24(2,3)28-26-22-13-9-18(10-14-22)17-25-21-15-11-20(12-16-21)23(27)19-7-5-4-6-8-19/h4-8,11-12,15-16,18,22,25-26H,9-10,13-14,17H2,1-3H3. The Bertz CT molecular complexity index is 744. The summed E-state index contributed by atoms with van der Waals surface area (Å²) in [5.41, 5.74) is 2.56. The van der Waals surface area contributed by atoms with Gasteiger partial charge in [-0.05, 0) is 76.6 Å². The molecule has 3 rings (SSSR count). The lowest BCUT2D eigenvalue weighted by Crippen LogP contribution is -2.33. The van der Waals surface area contributed by atoms with E-state index in [0.29, 0.717) is 6.04 Å². The minimum absolute atomic E-state index is 0.0751. The highest BCUT2D eigenvalue weighted by Crippen LogP contribution is 2.28. The fourth-order valence-corrected chi connectivity index (χ4v) is 4.26. The number of anilines is 1. The number of carbonyl (C=O) groups excluding carboxylic acids is 1. The molecular weight excluding hydrogens is 364 g/mol. The monoisotopic (exact) mass is 396 g/mol. The molecule has 0 saturated heterocycles. The number of carbonyl (C=O) groups is 1. The van der Waals surface area contributed by atoms with Gasteiger partial charge in [0.25, 0.3) is 0 Å². The SMILES string of the molecule is CC(C)(C)SNC1CCC(CNc2ccc(C(=O)c3ccccc3)cc2)CC1. The first kappa shape index (κ1) is 20.9. The smallest absolute Gasteiger partial charge is 0.193 e. The second-order valence-electron chi connectivity index (χ2n) is 8.70. The molecule has 0 unspecified atom stereocenters. The van der Waals surface area contributed by atoms with E-state index >= 15 is 0 Å². The van der Waals surface area contributed by atoms with Crippen molar-refractivity contribution in [1.29, 1.82) is 0 Å². The van der Waals surface area contributed by atoms with Crippen molar-refractivity contribution in [3.63, 3.8) is 0 Å². The van der Waals surface area contributed by atoms with Crippen molar-refractivity contribution in [3.8, 4) is 0 Å². The van der Waals surface area contributed by atoms with Crippen molar-refractivity contribution in [2.24, 2.45) is 5.92 Å². The number of nitrogens with one attached hydrogen (secondary N) is 2. The molecule has 0 atom stereocenters. The Morgan fingerprint density at radius 1 is 0.929 bits per heavy atom. The molecule has 0 radical (unpaired) electrons. The molecular formula is C24H32N2OS. The zero-order chi connectivity index (χ0) is 20.0. The molecule has 2 aromatic rings. The van der Waals surface area contributed by atoms with E-state index in [4.69, 9.17) is 0 Å². The Morgan fingerprint density at radius 3 is 2.14 bits per heavy atom. The van der Waals surface area contributed by atoms with E-state index < -0.39 is 0 Å². The number of ketones is 1. The predicted molar refractivity (Wildman–Crippen MR) is 121 cm³/mol. The van der Waals surface area contributed by atoms with Crippen LogP contribution in [0.5, 0.6) is 0 Å². The number of hydrogen-bond acceptors (Lipinski definition) is 4. The van der Waals surface area contributed by atoms with Crippen LogP contribution in [-0.2, 0) is 0 Å². The molecule has 0 spiro atoms. The largest absolute Gasteiger partial charge is 0.385 e. The van der Waals surface area contributed by atoms with Crippen molar-refractivity contribution in [2.75, 3.05) is 11.9 Å². The van der Waals surface area contributed by atoms with Crippen LogP contribution < -0.4 is 10.0 Å². The first-order chi connectivity index (χ1) is 13.4. The fourth-order valence-electron chi connectivity index (χ4n) is 3.50. The van der Waals surface area contributed by atoms with Gasteiger partial charge in [0.15, 0.2) is 5.78 Å². The van der Waals surface area contributed by atoms with E-state index in [1.807, 2.05) is 66.5 Å². The summed E-state index contributed by atoms with van der Waals surface area (Å²) in [7, 11) is 0. The van der Waals surface area contributed by atoms with Gasteiger partial charge in [-0.1, -0.05) is 42.3 Å². The molecule has 2 aromatic carbocycles. The van der Waals surface area contributed by atoms with Crippen molar-refractivity contribution in [1.82, 2.24) is 4.72 Å².